The van der Waals surface area contributed by atoms with Gasteiger partial charge in [-0.25, -0.2) is 0 Å². The molecule has 2 aliphatic heterocycles. The number of fused-ring (bicyclic) bond motifs is 1. The maximum atomic E-state index is 12.6. The van der Waals surface area contributed by atoms with E-state index in [1.165, 1.54) is 44.9 Å². The van der Waals surface area contributed by atoms with Crippen molar-refractivity contribution in [1.82, 2.24) is 10.2 Å². The average Bonchev–Trinajstić information content (AvgIpc) is 2.82. The van der Waals surface area contributed by atoms with Gasteiger partial charge in [-0.2, -0.15) is 0 Å². The molecule has 4 atom stereocenters. The molecular weight excluding hydrogens is 260 g/mol. The van der Waals surface area contributed by atoms with Crippen LogP contribution < -0.4 is 5.32 Å². The van der Waals surface area contributed by atoms with Crippen molar-refractivity contribution in [3.8, 4) is 0 Å². The molecule has 3 rings (SSSR count). The van der Waals surface area contributed by atoms with E-state index in [1.807, 2.05) is 0 Å². The van der Waals surface area contributed by atoms with E-state index in [9.17, 15) is 4.79 Å². The summed E-state index contributed by atoms with van der Waals surface area (Å²) in [5.41, 5.74) is 0. The minimum atomic E-state index is 0. The molecule has 0 aromatic heterocycles. The highest BCUT2D eigenvalue weighted by Gasteiger charge is 2.40. The van der Waals surface area contributed by atoms with Gasteiger partial charge in [0.05, 0.1) is 6.04 Å². The van der Waals surface area contributed by atoms with Crippen molar-refractivity contribution in [1.29, 1.82) is 0 Å². The monoisotopic (exact) mass is 286 g/mol. The molecule has 1 saturated carbocycles. The Morgan fingerprint density at radius 1 is 1.11 bits per heavy atom. The molecule has 1 amide bonds. The summed E-state index contributed by atoms with van der Waals surface area (Å²) in [4.78, 5) is 14.8. The van der Waals surface area contributed by atoms with E-state index in [-0.39, 0.29) is 18.4 Å². The molecule has 0 radical (unpaired) electrons. The van der Waals surface area contributed by atoms with Gasteiger partial charge in [-0.15, -0.1) is 12.4 Å². The SMILES string of the molecule is CC1CCCCN1C(=O)C1CC2CCCCC2N1.Cl. The Kier molecular flexibility index (Phi) is 5.13. The van der Waals surface area contributed by atoms with Crippen LogP contribution in [0.4, 0.5) is 0 Å². The zero-order valence-electron chi connectivity index (χ0n) is 11.9. The Bertz CT molecular complexity index is 309. The van der Waals surface area contributed by atoms with Crippen molar-refractivity contribution in [3.63, 3.8) is 0 Å². The summed E-state index contributed by atoms with van der Waals surface area (Å²) in [6.45, 7) is 3.19. The number of hydrogen-bond acceptors (Lipinski definition) is 2. The van der Waals surface area contributed by atoms with Gasteiger partial charge in [-0.3, -0.25) is 4.79 Å². The van der Waals surface area contributed by atoms with Gasteiger partial charge >= 0.3 is 0 Å². The molecule has 2 saturated heterocycles. The zero-order chi connectivity index (χ0) is 12.5. The van der Waals surface area contributed by atoms with Crippen LogP contribution in [0.5, 0.6) is 0 Å². The van der Waals surface area contributed by atoms with Gasteiger partial charge in [0.25, 0.3) is 0 Å². The summed E-state index contributed by atoms with van der Waals surface area (Å²) in [5.74, 6) is 1.16. The quantitative estimate of drug-likeness (QED) is 0.804. The third kappa shape index (κ3) is 3.08. The van der Waals surface area contributed by atoms with E-state index in [4.69, 9.17) is 0 Å². The first-order chi connectivity index (χ1) is 8.75. The highest BCUT2D eigenvalue weighted by atomic mass is 35.5. The molecule has 4 heteroatoms. The van der Waals surface area contributed by atoms with Crippen LogP contribution in [-0.2, 0) is 4.79 Å². The second-order valence-electron chi connectivity index (χ2n) is 6.48. The average molecular weight is 287 g/mol. The van der Waals surface area contributed by atoms with Crippen molar-refractivity contribution in [2.45, 2.75) is 76.4 Å². The number of halogens is 1. The van der Waals surface area contributed by atoms with E-state index in [1.54, 1.807) is 0 Å². The van der Waals surface area contributed by atoms with E-state index < -0.39 is 0 Å². The Morgan fingerprint density at radius 2 is 1.84 bits per heavy atom. The van der Waals surface area contributed by atoms with Crippen LogP contribution in [0, 0.1) is 5.92 Å². The zero-order valence-corrected chi connectivity index (χ0v) is 12.8. The lowest BCUT2D eigenvalue weighted by Crippen LogP contribution is -2.50. The number of nitrogens with zero attached hydrogens (tertiary/aromatic N) is 1. The normalized spacial score (nSPS) is 38.5. The van der Waals surface area contributed by atoms with Crippen molar-refractivity contribution in [2.24, 2.45) is 5.92 Å². The first-order valence-electron chi connectivity index (χ1n) is 7.82. The first kappa shape index (κ1) is 15.1. The Balaban J connectivity index is 0.00000133. The fraction of sp³-hybridized carbons (Fsp3) is 0.933. The number of piperidine rings is 1. The fourth-order valence-electron chi connectivity index (χ4n) is 4.14. The van der Waals surface area contributed by atoms with Crippen molar-refractivity contribution >= 4 is 18.3 Å². The van der Waals surface area contributed by atoms with Gasteiger partial charge in [-0.1, -0.05) is 12.8 Å². The van der Waals surface area contributed by atoms with Crippen LogP contribution in [0.1, 0.15) is 58.3 Å². The van der Waals surface area contributed by atoms with Crippen LogP contribution in [0.25, 0.3) is 0 Å². The Morgan fingerprint density at radius 3 is 2.58 bits per heavy atom. The lowest BCUT2D eigenvalue weighted by molar-refractivity contribution is -0.136. The predicted octanol–water partition coefficient (Wildman–Crippen LogP) is 2.73. The fourth-order valence-corrected chi connectivity index (χ4v) is 4.14. The van der Waals surface area contributed by atoms with Crippen LogP contribution in [0.15, 0.2) is 0 Å². The van der Waals surface area contributed by atoms with Crippen LogP contribution in [0.3, 0.4) is 0 Å². The van der Waals surface area contributed by atoms with Crippen LogP contribution >= 0.6 is 12.4 Å². The molecule has 1 aliphatic carbocycles. The molecule has 4 unspecified atom stereocenters. The maximum absolute atomic E-state index is 12.6. The molecule has 0 spiro atoms. The van der Waals surface area contributed by atoms with Gasteiger partial charge in [0.2, 0.25) is 5.91 Å². The van der Waals surface area contributed by atoms with E-state index in [0.717, 1.165) is 18.9 Å². The molecule has 0 aromatic rings. The summed E-state index contributed by atoms with van der Waals surface area (Å²) in [7, 11) is 0. The van der Waals surface area contributed by atoms with Crippen LogP contribution in [0.2, 0.25) is 0 Å². The largest absolute Gasteiger partial charge is 0.339 e. The molecule has 2 heterocycles. The summed E-state index contributed by atoms with van der Waals surface area (Å²) >= 11 is 0. The lowest BCUT2D eigenvalue weighted by atomic mass is 9.85. The third-order valence-corrected chi connectivity index (χ3v) is 5.25. The topological polar surface area (TPSA) is 32.3 Å². The van der Waals surface area contributed by atoms with Gasteiger partial charge < -0.3 is 10.2 Å². The smallest absolute Gasteiger partial charge is 0.239 e. The van der Waals surface area contributed by atoms with Gasteiger partial charge in [0, 0.05) is 18.6 Å². The summed E-state index contributed by atoms with van der Waals surface area (Å²) in [5, 5.41) is 3.62. The van der Waals surface area contributed by atoms with Crippen LogP contribution in [-0.4, -0.2) is 35.5 Å². The molecular formula is C15H27ClN2O. The Hall–Kier alpha value is -0.280. The van der Waals surface area contributed by atoms with E-state index >= 15 is 0 Å². The number of likely N-dealkylation sites (tertiary alicyclic amines) is 1. The molecule has 19 heavy (non-hydrogen) atoms. The van der Waals surface area contributed by atoms with Gasteiger partial charge in [0.1, 0.15) is 0 Å². The van der Waals surface area contributed by atoms with Crippen molar-refractivity contribution < 1.29 is 4.79 Å². The van der Waals surface area contributed by atoms with Gasteiger partial charge in [0.15, 0.2) is 0 Å². The van der Waals surface area contributed by atoms with Crippen molar-refractivity contribution in [2.75, 3.05) is 6.54 Å². The van der Waals surface area contributed by atoms with Gasteiger partial charge in [-0.05, 0) is 51.4 Å². The second kappa shape index (κ2) is 6.45. The minimum Gasteiger partial charge on any atom is -0.339 e. The maximum Gasteiger partial charge on any atom is 0.239 e. The molecule has 3 nitrogen and oxygen atoms in total. The number of carbonyl (C=O) groups excluding carboxylic acids is 1. The number of rotatable bonds is 1. The second-order valence-corrected chi connectivity index (χ2v) is 6.48. The summed E-state index contributed by atoms with van der Waals surface area (Å²) < 4.78 is 0. The number of nitrogens with one attached hydrogen (secondary N) is 1. The highest BCUT2D eigenvalue weighted by molar-refractivity contribution is 5.85. The standard InChI is InChI=1S/C15H26N2O.ClH/c1-11-6-4-5-9-17(11)15(18)14-10-12-7-2-3-8-13(12)16-14;/h11-14,16H,2-10H2,1H3;1H. The summed E-state index contributed by atoms with van der Waals surface area (Å²) in [6.07, 6.45) is 10.1. The summed E-state index contributed by atoms with van der Waals surface area (Å²) in [6, 6.07) is 1.21. The molecule has 1 N–H and O–H groups in total. The highest BCUT2D eigenvalue weighted by Crippen LogP contribution is 2.34. The lowest BCUT2D eigenvalue weighted by Gasteiger charge is -2.35. The number of amides is 1. The molecule has 0 bridgehead atoms. The molecule has 3 aliphatic rings. The third-order valence-electron chi connectivity index (χ3n) is 5.25. The number of carbonyl (C=O) groups is 1. The first-order valence-corrected chi connectivity index (χ1v) is 7.82. The molecule has 0 aromatic carbocycles. The number of hydrogen-bond donors (Lipinski definition) is 1. The van der Waals surface area contributed by atoms with E-state index in [0.29, 0.717) is 18.0 Å². The predicted molar refractivity (Wildman–Crippen MR) is 79.6 cm³/mol. The van der Waals surface area contributed by atoms with E-state index in [2.05, 4.69) is 17.1 Å². The Labute approximate surface area is 122 Å². The molecule has 3 fully saturated rings. The molecule has 110 valence electrons. The minimum absolute atomic E-state index is 0. The van der Waals surface area contributed by atoms with Crippen molar-refractivity contribution in [3.05, 3.63) is 0 Å².